The van der Waals surface area contributed by atoms with E-state index in [-0.39, 0.29) is 48.3 Å². The van der Waals surface area contributed by atoms with Gasteiger partial charge in [0.15, 0.2) is 11.7 Å². The highest BCUT2D eigenvalue weighted by atomic mass is 127. The lowest BCUT2D eigenvalue weighted by Crippen LogP contribution is -2.43. The van der Waals surface area contributed by atoms with Gasteiger partial charge in [0.2, 0.25) is 5.91 Å². The zero-order valence-corrected chi connectivity index (χ0v) is 19.6. The van der Waals surface area contributed by atoms with Crippen molar-refractivity contribution in [1.82, 2.24) is 15.5 Å². The third-order valence-electron chi connectivity index (χ3n) is 5.14. The van der Waals surface area contributed by atoms with Crippen LogP contribution in [0.4, 0.5) is 0 Å². The fourth-order valence-corrected chi connectivity index (χ4v) is 3.50. The van der Waals surface area contributed by atoms with Crippen LogP contribution in [0.3, 0.4) is 0 Å². The number of aliphatic imine (C=N–C) groups is 1. The summed E-state index contributed by atoms with van der Waals surface area (Å²) < 4.78 is 17.6. The minimum atomic E-state index is -0.379. The number of hydrogen-bond acceptors (Lipinski definition) is 5. The Morgan fingerprint density at radius 2 is 2.07 bits per heavy atom. The smallest absolute Gasteiger partial charge is 0.243 e. The molecule has 0 aromatic carbocycles. The van der Waals surface area contributed by atoms with Gasteiger partial charge >= 0.3 is 0 Å². The summed E-state index contributed by atoms with van der Waals surface area (Å²) in [5.41, 5.74) is 0. The normalized spacial score (nSPS) is 20.9. The minimum Gasteiger partial charge on any atom is -0.469 e. The summed E-state index contributed by atoms with van der Waals surface area (Å²) in [6.45, 7) is 1.92. The number of hydrogen-bond donors (Lipinski definition) is 2. The zero-order chi connectivity index (χ0) is 19.8. The molecule has 1 aliphatic carbocycles. The maximum absolute atomic E-state index is 11.9. The molecule has 0 bridgehead atoms. The Bertz CT molecular complexity index is 645. The Morgan fingerprint density at radius 1 is 1.28 bits per heavy atom. The summed E-state index contributed by atoms with van der Waals surface area (Å²) in [6, 6.07) is 3.81. The van der Waals surface area contributed by atoms with Crippen molar-refractivity contribution in [3.63, 3.8) is 0 Å². The lowest BCUT2D eigenvalue weighted by Gasteiger charge is -2.31. The van der Waals surface area contributed by atoms with Crippen LogP contribution in [0.1, 0.15) is 37.9 Å². The Hall–Kier alpha value is -1.33. The molecule has 2 heterocycles. The van der Waals surface area contributed by atoms with Gasteiger partial charge in [0.1, 0.15) is 18.4 Å². The van der Waals surface area contributed by atoms with E-state index in [1.54, 1.807) is 20.4 Å². The third-order valence-corrected chi connectivity index (χ3v) is 5.14. The van der Waals surface area contributed by atoms with E-state index >= 15 is 0 Å². The van der Waals surface area contributed by atoms with Crippen molar-refractivity contribution < 1.29 is 18.7 Å². The number of carbonyl (C=O) groups is 1. The van der Waals surface area contributed by atoms with Gasteiger partial charge in [-0.15, -0.1) is 24.0 Å². The van der Waals surface area contributed by atoms with Crippen LogP contribution in [0.25, 0.3) is 0 Å². The maximum atomic E-state index is 11.9. The van der Waals surface area contributed by atoms with Crippen molar-refractivity contribution in [1.29, 1.82) is 0 Å². The molecule has 0 radical (unpaired) electrons. The summed E-state index contributed by atoms with van der Waals surface area (Å²) >= 11 is 0. The van der Waals surface area contributed by atoms with Crippen LogP contribution in [0, 0.1) is 0 Å². The van der Waals surface area contributed by atoms with E-state index < -0.39 is 0 Å². The van der Waals surface area contributed by atoms with E-state index in [2.05, 4.69) is 15.6 Å². The molecule has 8 nitrogen and oxygen atoms in total. The van der Waals surface area contributed by atoms with Crippen molar-refractivity contribution in [3.05, 3.63) is 24.2 Å². The first-order valence-electron chi connectivity index (χ1n) is 10.1. The topological polar surface area (TPSA) is 88.3 Å². The summed E-state index contributed by atoms with van der Waals surface area (Å²) in [6.07, 6.45) is 7.92. The number of halogens is 1. The summed E-state index contributed by atoms with van der Waals surface area (Å²) in [4.78, 5) is 17.8. The fraction of sp³-hybridized carbons (Fsp3) is 0.700. The fourth-order valence-electron chi connectivity index (χ4n) is 3.50. The number of guanidine groups is 1. The Kier molecular flexibility index (Phi) is 9.70. The van der Waals surface area contributed by atoms with E-state index in [0.717, 1.165) is 37.9 Å². The molecule has 1 saturated carbocycles. The Labute approximate surface area is 189 Å². The minimum absolute atomic E-state index is 0. The number of nitrogens with zero attached hydrogens (tertiary/aromatic N) is 2. The van der Waals surface area contributed by atoms with E-state index in [1.165, 1.54) is 11.3 Å². The number of rotatable bonds is 7. The van der Waals surface area contributed by atoms with Gasteiger partial charge < -0.3 is 29.4 Å². The largest absolute Gasteiger partial charge is 0.469 e. The first-order chi connectivity index (χ1) is 13.6. The third kappa shape index (κ3) is 7.45. The molecule has 9 heteroatoms. The van der Waals surface area contributed by atoms with Crippen LogP contribution < -0.4 is 10.6 Å². The standard InChI is InChI=1S/C20H32N4O4.HI/c1-24(2)18(25)14-23-19(21-11-8-16-7-6-12-26-16)22-13-17-15-27-20(28-17)9-4-3-5-10-20;/h6-7,12,17H,3-5,8-11,13-15H2,1-2H3,(H2,21,22,23);1H. The quantitative estimate of drug-likeness (QED) is 0.326. The van der Waals surface area contributed by atoms with Crippen LogP contribution in [0.15, 0.2) is 27.8 Å². The van der Waals surface area contributed by atoms with Crippen LogP contribution in [-0.2, 0) is 20.7 Å². The molecule has 1 spiro atoms. The predicted molar refractivity (Wildman–Crippen MR) is 121 cm³/mol. The molecule has 1 unspecified atom stereocenters. The Morgan fingerprint density at radius 3 is 2.76 bits per heavy atom. The van der Waals surface area contributed by atoms with Gasteiger partial charge in [0.25, 0.3) is 0 Å². The molecular formula is C20H33IN4O4. The molecule has 1 aliphatic heterocycles. The van der Waals surface area contributed by atoms with Crippen LogP contribution >= 0.6 is 24.0 Å². The highest BCUT2D eigenvalue weighted by Crippen LogP contribution is 2.37. The molecule has 29 heavy (non-hydrogen) atoms. The maximum Gasteiger partial charge on any atom is 0.243 e. The average Bonchev–Trinajstić information content (AvgIpc) is 3.34. The van der Waals surface area contributed by atoms with Gasteiger partial charge in [-0.1, -0.05) is 6.42 Å². The van der Waals surface area contributed by atoms with Crippen molar-refractivity contribution in [2.24, 2.45) is 4.99 Å². The molecular weight excluding hydrogens is 487 g/mol. The second-order valence-electron chi connectivity index (χ2n) is 7.61. The van der Waals surface area contributed by atoms with Crippen molar-refractivity contribution in [3.8, 4) is 0 Å². The Balaban J connectivity index is 0.00000300. The number of nitrogens with one attached hydrogen (secondary N) is 2. The van der Waals surface area contributed by atoms with Gasteiger partial charge in [-0.3, -0.25) is 4.79 Å². The monoisotopic (exact) mass is 520 g/mol. The van der Waals surface area contributed by atoms with Gasteiger partial charge in [-0.05, 0) is 25.0 Å². The molecule has 1 atom stereocenters. The summed E-state index contributed by atoms with van der Waals surface area (Å²) in [7, 11) is 3.45. The van der Waals surface area contributed by atoms with Crippen molar-refractivity contribution in [2.45, 2.75) is 50.4 Å². The van der Waals surface area contributed by atoms with Gasteiger partial charge in [0, 0.05) is 46.4 Å². The number of ether oxygens (including phenoxy) is 2. The lowest BCUT2D eigenvalue weighted by atomic mass is 9.94. The first kappa shape index (κ1) is 23.9. The van der Waals surface area contributed by atoms with Gasteiger partial charge in [-0.2, -0.15) is 0 Å². The van der Waals surface area contributed by atoms with Gasteiger partial charge in [-0.25, -0.2) is 4.99 Å². The number of likely N-dealkylation sites (N-methyl/N-ethyl adjacent to an activating group) is 1. The molecule has 2 aliphatic rings. The predicted octanol–water partition coefficient (Wildman–Crippen LogP) is 2.14. The number of amides is 1. The van der Waals surface area contributed by atoms with Crippen molar-refractivity contribution in [2.75, 3.05) is 40.3 Å². The summed E-state index contributed by atoms with van der Waals surface area (Å²) in [5.74, 6) is 1.07. The molecule has 1 aromatic heterocycles. The SMILES string of the molecule is CN(C)C(=O)CN=C(NCCc1ccco1)NCC1COC2(CCCCC2)O1.I. The van der Waals surface area contributed by atoms with Crippen LogP contribution in [-0.4, -0.2) is 69.0 Å². The van der Waals surface area contributed by atoms with Crippen LogP contribution in [0.2, 0.25) is 0 Å². The molecule has 3 rings (SSSR count). The highest BCUT2D eigenvalue weighted by molar-refractivity contribution is 14.0. The van der Waals surface area contributed by atoms with Crippen molar-refractivity contribution >= 4 is 35.8 Å². The second-order valence-corrected chi connectivity index (χ2v) is 7.61. The van der Waals surface area contributed by atoms with E-state index in [4.69, 9.17) is 13.9 Å². The first-order valence-corrected chi connectivity index (χ1v) is 10.1. The lowest BCUT2D eigenvalue weighted by molar-refractivity contribution is -0.186. The zero-order valence-electron chi connectivity index (χ0n) is 17.3. The van der Waals surface area contributed by atoms with Gasteiger partial charge in [0.05, 0.1) is 12.9 Å². The average molecular weight is 520 g/mol. The molecule has 2 N–H and O–H groups in total. The molecule has 1 amide bonds. The molecule has 2 fully saturated rings. The highest BCUT2D eigenvalue weighted by Gasteiger charge is 2.42. The summed E-state index contributed by atoms with van der Waals surface area (Å²) in [5, 5.41) is 6.55. The molecule has 164 valence electrons. The molecule has 1 saturated heterocycles. The van der Waals surface area contributed by atoms with E-state index in [0.29, 0.717) is 25.7 Å². The number of carbonyl (C=O) groups excluding carboxylic acids is 1. The van der Waals surface area contributed by atoms with Crippen LogP contribution in [0.5, 0.6) is 0 Å². The van der Waals surface area contributed by atoms with E-state index in [9.17, 15) is 4.79 Å². The number of furan rings is 1. The second kappa shape index (κ2) is 11.8. The van der Waals surface area contributed by atoms with E-state index in [1.807, 2.05) is 12.1 Å². The molecule has 1 aromatic rings.